The zero-order chi connectivity index (χ0) is 23.4. The lowest BCUT2D eigenvalue weighted by Gasteiger charge is -2.26. The Kier molecular flexibility index (Phi) is 6.71. The maximum Gasteiger partial charge on any atom is 0.335 e. The molecule has 0 spiro atoms. The molecule has 2 aliphatic heterocycles. The second kappa shape index (κ2) is 9.85. The summed E-state index contributed by atoms with van der Waals surface area (Å²) in [6.07, 6.45) is 1.38. The molecule has 0 radical (unpaired) electrons. The zero-order valence-electron chi connectivity index (χ0n) is 17.5. The molecule has 0 aliphatic carbocycles. The van der Waals surface area contributed by atoms with Gasteiger partial charge in [-0.15, -0.1) is 0 Å². The van der Waals surface area contributed by atoms with E-state index in [1.165, 1.54) is 18.2 Å². The van der Waals surface area contributed by atoms with Crippen molar-refractivity contribution in [1.29, 1.82) is 0 Å². The molecule has 0 unspecified atom stereocenters. The fraction of sp³-hybridized carbons (Fsp3) is 0.217. The number of barbiturate groups is 1. The van der Waals surface area contributed by atoms with Crippen molar-refractivity contribution in [3.05, 3.63) is 64.7 Å². The molecule has 0 saturated carbocycles. The maximum atomic E-state index is 12.9. The quantitative estimate of drug-likeness (QED) is 0.532. The first-order valence-electron chi connectivity index (χ1n) is 10.2. The molecule has 2 fully saturated rings. The lowest BCUT2D eigenvalue weighted by atomic mass is 10.1. The van der Waals surface area contributed by atoms with Crippen LogP contribution >= 0.6 is 11.6 Å². The number of halogens is 1. The SMILES string of the molecule is O=C1NC(=O)N(c2ccc(Cl)cc2)C(=O)/C1=C/c1ccc(OCC(=O)N2CCOCC2)cc1. The first-order valence-corrected chi connectivity index (χ1v) is 10.6. The summed E-state index contributed by atoms with van der Waals surface area (Å²) in [5.41, 5.74) is 0.639. The Labute approximate surface area is 194 Å². The Morgan fingerprint density at radius 3 is 2.36 bits per heavy atom. The Morgan fingerprint density at radius 1 is 1.03 bits per heavy atom. The lowest BCUT2D eigenvalue weighted by Crippen LogP contribution is -2.54. The van der Waals surface area contributed by atoms with Crippen molar-refractivity contribution < 1.29 is 28.7 Å². The number of hydrogen-bond donors (Lipinski definition) is 1. The van der Waals surface area contributed by atoms with Gasteiger partial charge < -0.3 is 14.4 Å². The highest BCUT2D eigenvalue weighted by Crippen LogP contribution is 2.24. The molecule has 1 N–H and O–H groups in total. The summed E-state index contributed by atoms with van der Waals surface area (Å²) in [5, 5.41) is 2.62. The topological polar surface area (TPSA) is 105 Å². The van der Waals surface area contributed by atoms with Gasteiger partial charge in [-0.2, -0.15) is 0 Å². The van der Waals surface area contributed by atoms with Crippen LogP contribution in [0.15, 0.2) is 54.1 Å². The fourth-order valence-corrected chi connectivity index (χ4v) is 3.48. The van der Waals surface area contributed by atoms with Crippen LogP contribution in [0.1, 0.15) is 5.56 Å². The Morgan fingerprint density at radius 2 is 1.70 bits per heavy atom. The summed E-state index contributed by atoms with van der Waals surface area (Å²) in [6.45, 7) is 2.02. The minimum absolute atomic E-state index is 0.0977. The molecule has 170 valence electrons. The van der Waals surface area contributed by atoms with Crippen LogP contribution in [-0.2, 0) is 19.1 Å². The normalized spacial score (nSPS) is 17.8. The second-order valence-corrected chi connectivity index (χ2v) is 7.72. The van der Waals surface area contributed by atoms with Crippen molar-refractivity contribution in [1.82, 2.24) is 10.2 Å². The number of hydrogen-bond acceptors (Lipinski definition) is 6. The summed E-state index contributed by atoms with van der Waals surface area (Å²) in [5.74, 6) is -1.19. The van der Waals surface area contributed by atoms with Gasteiger partial charge in [-0.05, 0) is 48.0 Å². The van der Waals surface area contributed by atoms with Gasteiger partial charge >= 0.3 is 6.03 Å². The monoisotopic (exact) mass is 469 g/mol. The number of rotatable bonds is 5. The minimum atomic E-state index is -0.835. The standard InChI is InChI=1S/C23H20ClN3O6/c24-16-3-5-17(6-4-16)27-22(30)19(21(29)25-23(27)31)13-15-1-7-18(8-2-15)33-14-20(28)26-9-11-32-12-10-26/h1-8,13H,9-12,14H2,(H,25,29,31)/b19-13+. The van der Waals surface area contributed by atoms with E-state index in [1.807, 2.05) is 0 Å². The van der Waals surface area contributed by atoms with Crippen LogP contribution in [0.25, 0.3) is 6.08 Å². The van der Waals surface area contributed by atoms with E-state index in [9.17, 15) is 19.2 Å². The van der Waals surface area contributed by atoms with Crippen LogP contribution in [0.2, 0.25) is 5.02 Å². The number of anilines is 1. The zero-order valence-corrected chi connectivity index (χ0v) is 18.2. The van der Waals surface area contributed by atoms with Crippen LogP contribution in [0.3, 0.4) is 0 Å². The Balaban J connectivity index is 1.45. The highest BCUT2D eigenvalue weighted by molar-refractivity contribution is 6.39. The molecule has 2 heterocycles. The minimum Gasteiger partial charge on any atom is -0.484 e. The van der Waals surface area contributed by atoms with Crippen molar-refractivity contribution in [3.8, 4) is 5.75 Å². The molecule has 33 heavy (non-hydrogen) atoms. The van der Waals surface area contributed by atoms with Gasteiger partial charge in [-0.3, -0.25) is 19.7 Å². The number of imide groups is 2. The highest BCUT2D eigenvalue weighted by Gasteiger charge is 2.36. The third-order valence-electron chi connectivity index (χ3n) is 5.10. The molecule has 2 saturated heterocycles. The largest absolute Gasteiger partial charge is 0.484 e. The first kappa shape index (κ1) is 22.5. The third-order valence-corrected chi connectivity index (χ3v) is 5.36. The van der Waals surface area contributed by atoms with E-state index < -0.39 is 17.8 Å². The van der Waals surface area contributed by atoms with Crippen LogP contribution in [0, 0.1) is 0 Å². The van der Waals surface area contributed by atoms with Crippen LogP contribution < -0.4 is 15.0 Å². The first-order chi connectivity index (χ1) is 15.9. The smallest absolute Gasteiger partial charge is 0.335 e. The number of nitrogens with one attached hydrogen (secondary N) is 1. The van der Waals surface area contributed by atoms with E-state index in [1.54, 1.807) is 41.3 Å². The molecule has 0 bridgehead atoms. The van der Waals surface area contributed by atoms with Crippen LogP contribution in [0.5, 0.6) is 5.75 Å². The van der Waals surface area contributed by atoms with Crippen LogP contribution in [-0.4, -0.2) is 61.6 Å². The van der Waals surface area contributed by atoms with E-state index in [0.717, 1.165) is 4.90 Å². The number of carbonyl (C=O) groups excluding carboxylic acids is 4. The number of benzene rings is 2. The number of amides is 5. The van der Waals surface area contributed by atoms with Gasteiger partial charge in [0.2, 0.25) is 0 Å². The fourth-order valence-electron chi connectivity index (χ4n) is 3.36. The number of carbonyl (C=O) groups is 4. The van der Waals surface area contributed by atoms with Crippen molar-refractivity contribution in [2.24, 2.45) is 0 Å². The number of nitrogens with zero attached hydrogens (tertiary/aromatic N) is 2. The Bertz CT molecular complexity index is 1110. The Hall–Kier alpha value is -3.69. The average Bonchev–Trinajstić information content (AvgIpc) is 2.82. The summed E-state index contributed by atoms with van der Waals surface area (Å²) < 4.78 is 10.8. The molecule has 0 atom stereocenters. The molecule has 5 amide bonds. The van der Waals surface area contributed by atoms with Gasteiger partial charge in [0.25, 0.3) is 17.7 Å². The molecule has 9 nitrogen and oxygen atoms in total. The predicted octanol–water partition coefficient (Wildman–Crippen LogP) is 2.24. The van der Waals surface area contributed by atoms with E-state index in [0.29, 0.717) is 42.6 Å². The third kappa shape index (κ3) is 5.21. The van der Waals surface area contributed by atoms with Gasteiger partial charge in [-0.1, -0.05) is 23.7 Å². The summed E-state index contributed by atoms with van der Waals surface area (Å²) in [6, 6.07) is 11.8. The number of ether oxygens (including phenoxy) is 2. The van der Waals surface area contributed by atoms with Crippen molar-refractivity contribution in [2.75, 3.05) is 37.8 Å². The van der Waals surface area contributed by atoms with Gasteiger partial charge in [0.05, 0.1) is 18.9 Å². The summed E-state index contributed by atoms with van der Waals surface area (Å²) >= 11 is 5.87. The highest BCUT2D eigenvalue weighted by atomic mass is 35.5. The average molecular weight is 470 g/mol. The van der Waals surface area contributed by atoms with Crippen molar-refractivity contribution in [2.45, 2.75) is 0 Å². The van der Waals surface area contributed by atoms with Crippen molar-refractivity contribution in [3.63, 3.8) is 0 Å². The van der Waals surface area contributed by atoms with E-state index in [-0.39, 0.29) is 23.8 Å². The molecular weight excluding hydrogens is 450 g/mol. The molecule has 2 aliphatic rings. The molecule has 4 rings (SSSR count). The van der Waals surface area contributed by atoms with E-state index in [4.69, 9.17) is 21.1 Å². The summed E-state index contributed by atoms with van der Waals surface area (Å²) in [4.78, 5) is 52.2. The van der Waals surface area contributed by atoms with Crippen LogP contribution in [0.4, 0.5) is 10.5 Å². The molecule has 10 heteroatoms. The van der Waals surface area contributed by atoms with Gasteiger partial charge in [0.15, 0.2) is 6.61 Å². The van der Waals surface area contributed by atoms with E-state index >= 15 is 0 Å². The molecule has 2 aromatic carbocycles. The number of urea groups is 1. The molecular formula is C23H20ClN3O6. The van der Waals surface area contributed by atoms with Gasteiger partial charge in [0, 0.05) is 18.1 Å². The molecule has 2 aromatic rings. The lowest BCUT2D eigenvalue weighted by molar-refractivity contribution is -0.137. The predicted molar refractivity (Wildman–Crippen MR) is 120 cm³/mol. The maximum absolute atomic E-state index is 12.9. The second-order valence-electron chi connectivity index (χ2n) is 7.29. The summed E-state index contributed by atoms with van der Waals surface area (Å²) in [7, 11) is 0. The van der Waals surface area contributed by atoms with Crippen molar-refractivity contribution >= 4 is 47.1 Å². The van der Waals surface area contributed by atoms with Gasteiger partial charge in [0.1, 0.15) is 11.3 Å². The molecule has 0 aromatic heterocycles. The van der Waals surface area contributed by atoms with E-state index in [2.05, 4.69) is 5.32 Å². The van der Waals surface area contributed by atoms with Gasteiger partial charge in [-0.25, -0.2) is 9.69 Å². The number of morpholine rings is 1.